The molecule has 20 heavy (non-hydrogen) atoms. The highest BCUT2D eigenvalue weighted by molar-refractivity contribution is 6.35. The van der Waals surface area contributed by atoms with Gasteiger partial charge in [0.25, 0.3) is 0 Å². The topological polar surface area (TPSA) is 67.5 Å². The lowest BCUT2D eigenvalue weighted by atomic mass is 10.1. The van der Waals surface area contributed by atoms with Gasteiger partial charge in [-0.25, -0.2) is 14.8 Å². The standard InChI is InChI=1S/C13H7Cl2N3O2/c14-7-2-3-9(15)8(6-7)10-11(12(19)20)18-5-1-4-16-13(18)17-10/h1-6H,(H,19,20). The van der Waals surface area contributed by atoms with Crippen LogP contribution in [0.15, 0.2) is 36.7 Å². The van der Waals surface area contributed by atoms with Crippen LogP contribution in [0.25, 0.3) is 17.0 Å². The largest absolute Gasteiger partial charge is 0.476 e. The van der Waals surface area contributed by atoms with E-state index in [4.69, 9.17) is 23.2 Å². The van der Waals surface area contributed by atoms with Gasteiger partial charge in [-0.3, -0.25) is 4.40 Å². The molecule has 0 bridgehead atoms. The first-order valence-corrected chi connectivity index (χ1v) is 6.35. The Labute approximate surface area is 123 Å². The van der Waals surface area contributed by atoms with Gasteiger partial charge in [-0.2, -0.15) is 0 Å². The number of carboxylic acids is 1. The van der Waals surface area contributed by atoms with Crippen LogP contribution in [-0.2, 0) is 0 Å². The van der Waals surface area contributed by atoms with Crippen LogP contribution in [0, 0.1) is 0 Å². The average Bonchev–Trinajstić information content (AvgIpc) is 2.80. The third-order valence-corrected chi connectivity index (χ3v) is 3.35. The predicted octanol–water partition coefficient (Wildman–Crippen LogP) is 3.40. The fourth-order valence-corrected chi connectivity index (χ4v) is 2.34. The maximum absolute atomic E-state index is 11.5. The van der Waals surface area contributed by atoms with Crippen LogP contribution in [0.5, 0.6) is 0 Å². The molecule has 0 amide bonds. The van der Waals surface area contributed by atoms with Crippen molar-refractivity contribution in [3.8, 4) is 11.3 Å². The van der Waals surface area contributed by atoms with E-state index in [0.29, 0.717) is 15.6 Å². The maximum atomic E-state index is 11.5. The highest BCUT2D eigenvalue weighted by Crippen LogP contribution is 2.32. The van der Waals surface area contributed by atoms with Crippen molar-refractivity contribution in [2.45, 2.75) is 0 Å². The van der Waals surface area contributed by atoms with E-state index in [9.17, 15) is 9.90 Å². The molecule has 0 saturated heterocycles. The van der Waals surface area contributed by atoms with Gasteiger partial charge < -0.3 is 5.11 Å². The summed E-state index contributed by atoms with van der Waals surface area (Å²) in [6.07, 6.45) is 3.12. The first-order valence-electron chi connectivity index (χ1n) is 5.59. The predicted molar refractivity (Wildman–Crippen MR) is 75.4 cm³/mol. The quantitative estimate of drug-likeness (QED) is 0.788. The fraction of sp³-hybridized carbons (Fsp3) is 0. The summed E-state index contributed by atoms with van der Waals surface area (Å²) < 4.78 is 1.40. The van der Waals surface area contributed by atoms with E-state index in [1.54, 1.807) is 30.5 Å². The lowest BCUT2D eigenvalue weighted by Gasteiger charge is -2.03. The monoisotopic (exact) mass is 307 g/mol. The first kappa shape index (κ1) is 12.9. The van der Waals surface area contributed by atoms with Crippen molar-refractivity contribution in [3.05, 3.63) is 52.4 Å². The molecule has 0 radical (unpaired) electrons. The molecule has 0 aliphatic rings. The summed E-state index contributed by atoms with van der Waals surface area (Å²) in [6.45, 7) is 0. The first-order chi connectivity index (χ1) is 9.58. The van der Waals surface area contributed by atoms with Gasteiger partial charge in [0.05, 0.1) is 5.02 Å². The van der Waals surface area contributed by atoms with Crippen molar-refractivity contribution in [2.75, 3.05) is 0 Å². The molecule has 0 spiro atoms. The Kier molecular flexibility index (Phi) is 3.08. The number of rotatable bonds is 2. The van der Waals surface area contributed by atoms with E-state index in [1.807, 2.05) is 0 Å². The van der Waals surface area contributed by atoms with E-state index < -0.39 is 5.97 Å². The smallest absolute Gasteiger partial charge is 0.355 e. The molecule has 7 heteroatoms. The van der Waals surface area contributed by atoms with Gasteiger partial charge in [-0.15, -0.1) is 0 Å². The molecule has 100 valence electrons. The molecule has 2 aromatic heterocycles. The normalized spacial score (nSPS) is 10.9. The highest BCUT2D eigenvalue weighted by Gasteiger charge is 2.22. The number of fused-ring (bicyclic) bond motifs is 1. The molecule has 5 nitrogen and oxygen atoms in total. The summed E-state index contributed by atoms with van der Waals surface area (Å²) >= 11 is 12.1. The zero-order chi connectivity index (χ0) is 14.3. The summed E-state index contributed by atoms with van der Waals surface area (Å²) in [5, 5.41) is 10.2. The molecule has 0 atom stereocenters. The number of imidazole rings is 1. The van der Waals surface area contributed by atoms with Gasteiger partial charge in [0, 0.05) is 23.0 Å². The number of hydrogen-bond acceptors (Lipinski definition) is 3. The molecule has 1 aromatic carbocycles. The Morgan fingerprint density at radius 1 is 1.30 bits per heavy atom. The number of nitrogens with zero attached hydrogens (tertiary/aromatic N) is 3. The minimum Gasteiger partial charge on any atom is -0.476 e. The highest BCUT2D eigenvalue weighted by atomic mass is 35.5. The third-order valence-electron chi connectivity index (χ3n) is 2.79. The van der Waals surface area contributed by atoms with Gasteiger partial charge in [0.2, 0.25) is 5.78 Å². The summed E-state index contributed by atoms with van der Waals surface area (Å²) in [5.41, 5.74) is 0.697. The third kappa shape index (κ3) is 2.01. The van der Waals surface area contributed by atoms with Crippen LogP contribution < -0.4 is 0 Å². The summed E-state index contributed by atoms with van der Waals surface area (Å²) in [5.74, 6) is -0.826. The molecular formula is C13H7Cl2N3O2. The lowest BCUT2D eigenvalue weighted by molar-refractivity contribution is 0.0690. The van der Waals surface area contributed by atoms with E-state index in [1.165, 1.54) is 10.6 Å². The van der Waals surface area contributed by atoms with Crippen LogP contribution in [0.4, 0.5) is 0 Å². The van der Waals surface area contributed by atoms with Crippen LogP contribution in [0.1, 0.15) is 10.5 Å². The van der Waals surface area contributed by atoms with Gasteiger partial charge in [0.1, 0.15) is 5.69 Å². The average molecular weight is 308 g/mol. The second-order valence-electron chi connectivity index (χ2n) is 4.03. The molecule has 0 saturated carbocycles. The molecule has 0 aliphatic carbocycles. The van der Waals surface area contributed by atoms with Crippen LogP contribution in [0.2, 0.25) is 10.0 Å². The van der Waals surface area contributed by atoms with Crippen LogP contribution in [-0.4, -0.2) is 25.4 Å². The second kappa shape index (κ2) is 4.77. The van der Waals surface area contributed by atoms with Crippen molar-refractivity contribution < 1.29 is 9.90 Å². The number of aromatic nitrogens is 3. The van der Waals surface area contributed by atoms with E-state index in [2.05, 4.69) is 9.97 Å². The van der Waals surface area contributed by atoms with Gasteiger partial charge in [-0.05, 0) is 24.3 Å². The Hall–Kier alpha value is -2.11. The van der Waals surface area contributed by atoms with Gasteiger partial charge in [0.15, 0.2) is 5.69 Å². The molecule has 1 N–H and O–H groups in total. The number of hydrogen-bond donors (Lipinski definition) is 1. The minimum atomic E-state index is -1.11. The van der Waals surface area contributed by atoms with Crippen molar-refractivity contribution in [3.63, 3.8) is 0 Å². The summed E-state index contributed by atoms with van der Waals surface area (Å²) in [7, 11) is 0. The molecule has 0 aliphatic heterocycles. The zero-order valence-corrected chi connectivity index (χ0v) is 11.4. The van der Waals surface area contributed by atoms with E-state index in [-0.39, 0.29) is 17.2 Å². The number of benzene rings is 1. The number of aromatic carboxylic acids is 1. The molecule has 0 unspecified atom stereocenters. The van der Waals surface area contributed by atoms with Crippen LogP contribution >= 0.6 is 23.2 Å². The van der Waals surface area contributed by atoms with Crippen LogP contribution in [0.3, 0.4) is 0 Å². The number of carboxylic acid groups (broad SMARTS) is 1. The Morgan fingerprint density at radius 3 is 2.85 bits per heavy atom. The Bertz CT molecular complexity index is 830. The summed E-state index contributed by atoms with van der Waals surface area (Å²) in [6, 6.07) is 6.44. The minimum absolute atomic E-state index is 0.00253. The molecule has 0 fully saturated rings. The van der Waals surface area contributed by atoms with E-state index in [0.717, 1.165) is 0 Å². The molecule has 3 rings (SSSR count). The Morgan fingerprint density at radius 2 is 2.10 bits per heavy atom. The SMILES string of the molecule is O=C(O)c1c(-c2cc(Cl)ccc2Cl)nc2ncccn12. The van der Waals surface area contributed by atoms with Crippen molar-refractivity contribution in [2.24, 2.45) is 0 Å². The van der Waals surface area contributed by atoms with Crippen molar-refractivity contribution in [1.29, 1.82) is 0 Å². The maximum Gasteiger partial charge on any atom is 0.355 e. The van der Waals surface area contributed by atoms with Crippen molar-refractivity contribution >= 4 is 34.9 Å². The Balaban J connectivity index is 2.38. The second-order valence-corrected chi connectivity index (χ2v) is 4.87. The number of halogens is 2. The lowest BCUT2D eigenvalue weighted by Crippen LogP contribution is -2.03. The van der Waals surface area contributed by atoms with Crippen molar-refractivity contribution in [1.82, 2.24) is 14.4 Å². The fourth-order valence-electron chi connectivity index (χ4n) is 1.96. The summed E-state index contributed by atoms with van der Waals surface area (Å²) in [4.78, 5) is 19.8. The van der Waals surface area contributed by atoms with E-state index >= 15 is 0 Å². The number of carbonyl (C=O) groups is 1. The zero-order valence-electron chi connectivity index (χ0n) is 9.92. The molecular weight excluding hydrogens is 301 g/mol. The van der Waals surface area contributed by atoms with Gasteiger partial charge in [-0.1, -0.05) is 23.2 Å². The molecule has 3 aromatic rings. The molecule has 2 heterocycles. The van der Waals surface area contributed by atoms with Gasteiger partial charge >= 0.3 is 5.97 Å².